The van der Waals surface area contributed by atoms with Gasteiger partial charge in [0.15, 0.2) is 0 Å². The molecule has 4 rings (SSSR count). The van der Waals surface area contributed by atoms with E-state index in [2.05, 4.69) is 35.2 Å². The molecule has 0 spiro atoms. The van der Waals surface area contributed by atoms with Crippen LogP contribution in [0.2, 0.25) is 0 Å². The summed E-state index contributed by atoms with van der Waals surface area (Å²) in [4.78, 5) is 0. The van der Waals surface area contributed by atoms with Gasteiger partial charge in [0.25, 0.3) is 0 Å². The lowest BCUT2D eigenvalue weighted by molar-refractivity contribution is 0.611. The van der Waals surface area contributed by atoms with Gasteiger partial charge in [-0.1, -0.05) is 55.1 Å². The third-order valence-electron chi connectivity index (χ3n) is 5.23. The molecule has 3 heteroatoms. The maximum absolute atomic E-state index is 14.1. The van der Waals surface area contributed by atoms with Crippen LogP contribution in [0.25, 0.3) is 0 Å². The van der Waals surface area contributed by atoms with Crippen LogP contribution in [0.3, 0.4) is 0 Å². The number of para-hydroxylation sites is 1. The molecule has 1 aliphatic carbocycles. The van der Waals surface area contributed by atoms with Gasteiger partial charge in [-0.25, -0.2) is 9.82 Å². The second-order valence-electron chi connectivity index (χ2n) is 7.23. The van der Waals surface area contributed by atoms with Gasteiger partial charge in [-0.15, -0.1) is 0 Å². The molecule has 0 saturated heterocycles. The molecule has 0 amide bonds. The molecular weight excluding hydrogens is 347 g/mol. The largest absolute Gasteiger partial charge is 0.276 e. The van der Waals surface area contributed by atoms with Crippen molar-refractivity contribution in [2.24, 2.45) is 0 Å². The molecule has 28 heavy (non-hydrogen) atoms. The molecule has 2 aromatic rings. The molecule has 0 radical (unpaired) electrons. The van der Waals surface area contributed by atoms with E-state index in [4.69, 9.17) is 0 Å². The number of rotatable bonds is 6. The minimum Gasteiger partial charge on any atom is -0.276 e. The van der Waals surface area contributed by atoms with Gasteiger partial charge >= 0.3 is 0 Å². The fourth-order valence-electron chi connectivity index (χ4n) is 3.69. The quantitative estimate of drug-likeness (QED) is 0.595. The normalized spacial score (nSPS) is 19.9. The topological polar surface area (TPSA) is 15.3 Å². The van der Waals surface area contributed by atoms with E-state index in [1.807, 2.05) is 55.5 Å². The molecule has 2 aliphatic rings. The molecule has 0 aromatic heterocycles. The Kier molecular flexibility index (Phi) is 5.27. The van der Waals surface area contributed by atoms with Crippen LogP contribution in [0.5, 0.6) is 0 Å². The van der Waals surface area contributed by atoms with Gasteiger partial charge in [0.1, 0.15) is 5.82 Å². The van der Waals surface area contributed by atoms with Crippen LogP contribution < -0.4 is 10.4 Å². The average Bonchev–Trinajstić information content (AvgIpc) is 3.48. The van der Waals surface area contributed by atoms with Crippen LogP contribution in [-0.2, 0) is 0 Å². The summed E-state index contributed by atoms with van der Waals surface area (Å²) in [5.41, 5.74) is 8.92. The van der Waals surface area contributed by atoms with E-state index in [9.17, 15) is 4.39 Å². The highest BCUT2D eigenvalue weighted by Crippen LogP contribution is 2.44. The van der Waals surface area contributed by atoms with E-state index < -0.39 is 0 Å². The smallest absolute Gasteiger partial charge is 0.123 e. The van der Waals surface area contributed by atoms with Crippen molar-refractivity contribution in [3.8, 4) is 0 Å². The zero-order valence-corrected chi connectivity index (χ0v) is 16.1. The van der Waals surface area contributed by atoms with Gasteiger partial charge < -0.3 is 0 Å². The number of hydrogen-bond donors (Lipinski definition) is 1. The molecule has 1 atom stereocenters. The number of nitrogens with one attached hydrogen (secondary N) is 1. The summed E-state index contributed by atoms with van der Waals surface area (Å²) in [6.45, 7) is 5.99. The molecule has 2 nitrogen and oxygen atoms in total. The van der Waals surface area contributed by atoms with Crippen molar-refractivity contribution in [2.75, 3.05) is 5.01 Å². The Morgan fingerprint density at radius 2 is 1.93 bits per heavy atom. The molecule has 0 bridgehead atoms. The number of halogens is 1. The third kappa shape index (κ3) is 3.71. The summed E-state index contributed by atoms with van der Waals surface area (Å²) in [6, 6.07) is 15.3. The van der Waals surface area contributed by atoms with Gasteiger partial charge in [-0.2, -0.15) is 0 Å². The van der Waals surface area contributed by atoms with Crippen molar-refractivity contribution >= 4 is 5.69 Å². The highest BCUT2D eigenvalue weighted by Gasteiger charge is 2.32. The summed E-state index contributed by atoms with van der Waals surface area (Å²) in [7, 11) is 0. The highest BCUT2D eigenvalue weighted by molar-refractivity contribution is 5.62. The van der Waals surface area contributed by atoms with Crippen molar-refractivity contribution in [3.63, 3.8) is 0 Å². The number of hydrazine groups is 1. The molecule has 1 N–H and O–H groups in total. The standard InChI is InChI=1S/C25H25FN2/c1-3-5-9-18(4-2)25-17-24(27-28(25)21-10-7-6-8-11-21)23-16-20(26)14-15-22(23)19-12-13-19/h3-11,14-17,19,24,27H,2,12-13H2,1H3/b5-3-,18-9+. The Balaban J connectivity index is 1.78. The van der Waals surface area contributed by atoms with Gasteiger partial charge in [-0.05, 0) is 72.7 Å². The zero-order valence-electron chi connectivity index (χ0n) is 16.1. The minimum absolute atomic E-state index is 0.0875. The predicted molar refractivity (Wildman–Crippen MR) is 114 cm³/mol. The number of nitrogens with zero attached hydrogens (tertiary/aromatic N) is 1. The molecule has 142 valence electrons. The Labute approximate surface area is 166 Å². The van der Waals surface area contributed by atoms with Crippen molar-refractivity contribution in [1.29, 1.82) is 0 Å². The molecular formula is C25H25FN2. The Morgan fingerprint density at radius 3 is 2.61 bits per heavy atom. The van der Waals surface area contributed by atoms with Crippen LogP contribution in [-0.4, -0.2) is 0 Å². The molecule has 1 unspecified atom stereocenters. The lowest BCUT2D eigenvalue weighted by Gasteiger charge is -2.25. The van der Waals surface area contributed by atoms with Crippen molar-refractivity contribution in [2.45, 2.75) is 31.7 Å². The van der Waals surface area contributed by atoms with Gasteiger partial charge in [0, 0.05) is 0 Å². The lowest BCUT2D eigenvalue weighted by Crippen LogP contribution is -2.34. The predicted octanol–water partition coefficient (Wildman–Crippen LogP) is 6.34. The van der Waals surface area contributed by atoms with Crippen molar-refractivity contribution < 1.29 is 4.39 Å². The van der Waals surface area contributed by atoms with E-state index in [-0.39, 0.29) is 11.9 Å². The summed E-state index contributed by atoms with van der Waals surface area (Å²) in [5, 5.41) is 2.07. The maximum Gasteiger partial charge on any atom is 0.123 e. The van der Waals surface area contributed by atoms with Gasteiger partial charge in [0.05, 0.1) is 17.4 Å². The van der Waals surface area contributed by atoms with Crippen LogP contribution in [0.15, 0.2) is 96.8 Å². The molecule has 1 aliphatic heterocycles. The molecule has 1 fully saturated rings. The van der Waals surface area contributed by atoms with E-state index >= 15 is 0 Å². The monoisotopic (exact) mass is 372 g/mol. The number of hydrogen-bond acceptors (Lipinski definition) is 2. The van der Waals surface area contributed by atoms with Crippen LogP contribution in [0.4, 0.5) is 10.1 Å². The molecule has 2 aromatic carbocycles. The van der Waals surface area contributed by atoms with Crippen molar-refractivity contribution in [3.05, 3.63) is 114 Å². The zero-order chi connectivity index (χ0) is 19.5. The number of anilines is 1. The van der Waals surface area contributed by atoms with Gasteiger partial charge in [0.2, 0.25) is 0 Å². The first kappa shape index (κ1) is 18.5. The Hall–Kier alpha value is -2.91. The molecule has 1 saturated carbocycles. The number of allylic oxidation sites excluding steroid dienone is 4. The summed E-state index contributed by atoms with van der Waals surface area (Å²) >= 11 is 0. The maximum atomic E-state index is 14.1. The first-order valence-electron chi connectivity index (χ1n) is 9.79. The van der Waals surface area contributed by atoms with E-state index in [0.29, 0.717) is 5.92 Å². The average molecular weight is 372 g/mol. The fraction of sp³-hybridized carbons (Fsp3) is 0.200. The van der Waals surface area contributed by atoms with Gasteiger partial charge in [-0.3, -0.25) is 5.01 Å². The second kappa shape index (κ2) is 7.99. The summed E-state index contributed by atoms with van der Waals surface area (Å²) in [6.07, 6.45) is 12.4. The van der Waals surface area contributed by atoms with E-state index in [0.717, 1.165) is 22.5 Å². The van der Waals surface area contributed by atoms with E-state index in [1.54, 1.807) is 12.1 Å². The highest BCUT2D eigenvalue weighted by atomic mass is 19.1. The first-order valence-corrected chi connectivity index (χ1v) is 9.79. The summed E-state index contributed by atoms with van der Waals surface area (Å²) < 4.78 is 14.1. The first-order chi connectivity index (χ1) is 13.7. The van der Waals surface area contributed by atoms with Crippen LogP contribution >= 0.6 is 0 Å². The minimum atomic E-state index is -0.192. The van der Waals surface area contributed by atoms with E-state index in [1.165, 1.54) is 18.4 Å². The SMILES string of the molecule is C=C/C(=C\C=C/C)C1=CC(c2cc(F)ccc2C2CC2)NN1c1ccccc1. The van der Waals surface area contributed by atoms with Crippen molar-refractivity contribution in [1.82, 2.24) is 5.43 Å². The second-order valence-corrected chi connectivity index (χ2v) is 7.23. The number of benzene rings is 2. The lowest BCUT2D eigenvalue weighted by atomic mass is 9.96. The third-order valence-corrected chi connectivity index (χ3v) is 5.23. The molecule has 1 heterocycles. The van der Waals surface area contributed by atoms with Crippen LogP contribution in [0.1, 0.15) is 42.9 Å². The summed E-state index contributed by atoms with van der Waals surface area (Å²) in [5.74, 6) is 0.361. The fourth-order valence-corrected chi connectivity index (χ4v) is 3.69. The Bertz CT molecular complexity index is 952. The Morgan fingerprint density at radius 1 is 1.14 bits per heavy atom. The van der Waals surface area contributed by atoms with Crippen LogP contribution in [0, 0.1) is 5.82 Å².